The van der Waals surface area contributed by atoms with Crippen LogP contribution in [-0.4, -0.2) is 36.4 Å². The van der Waals surface area contributed by atoms with E-state index in [0.29, 0.717) is 18.0 Å². The van der Waals surface area contributed by atoms with Gasteiger partial charge in [0.05, 0.1) is 19.9 Å². The first-order valence-corrected chi connectivity index (χ1v) is 14.4. The maximum atomic E-state index is 13.0. The number of fused-ring (bicyclic) bond motifs is 1. The minimum absolute atomic E-state index is 0.0890. The standard InChI is InChI=1S/C30H23I2N3O5/c1-39-26-12-5-4-11-24(26)33-27(36)16-35-29(37)25(34-30(35)38)15-18-13-22(31)28(23(32)14-18)40-17-20-9-6-8-19-7-2-3-10-21(19)20/h2-15H,16-17H2,1H3,(H,33,36)(H,34,38)/b25-15+. The van der Waals surface area contributed by atoms with Gasteiger partial charge in [-0.25, -0.2) is 9.69 Å². The second-order valence-electron chi connectivity index (χ2n) is 8.87. The summed E-state index contributed by atoms with van der Waals surface area (Å²) in [6, 6.07) is 24.3. The number of methoxy groups -OCH3 is 1. The summed E-state index contributed by atoms with van der Waals surface area (Å²) in [6.45, 7) is -0.0235. The molecule has 0 bridgehead atoms. The lowest BCUT2D eigenvalue weighted by Crippen LogP contribution is -2.38. The Kier molecular flexibility index (Phi) is 8.54. The molecule has 8 nitrogen and oxygen atoms in total. The summed E-state index contributed by atoms with van der Waals surface area (Å²) in [4.78, 5) is 38.9. The number of hydrogen-bond donors (Lipinski definition) is 2. The van der Waals surface area contributed by atoms with E-state index >= 15 is 0 Å². The van der Waals surface area contributed by atoms with Crippen molar-refractivity contribution in [3.05, 3.63) is 103 Å². The van der Waals surface area contributed by atoms with E-state index in [-0.39, 0.29) is 5.70 Å². The zero-order valence-electron chi connectivity index (χ0n) is 21.2. The Balaban J connectivity index is 1.28. The lowest BCUT2D eigenvalue weighted by molar-refractivity contribution is -0.127. The average Bonchev–Trinajstić information content (AvgIpc) is 3.20. The number of imide groups is 1. The normalized spacial score (nSPS) is 14.0. The van der Waals surface area contributed by atoms with Crippen molar-refractivity contribution in [2.24, 2.45) is 0 Å². The van der Waals surface area contributed by atoms with Gasteiger partial charge in [-0.3, -0.25) is 9.59 Å². The molecule has 0 atom stereocenters. The van der Waals surface area contributed by atoms with E-state index in [9.17, 15) is 14.4 Å². The van der Waals surface area contributed by atoms with Crippen molar-refractivity contribution in [1.29, 1.82) is 0 Å². The van der Waals surface area contributed by atoms with Gasteiger partial charge in [0.2, 0.25) is 5.91 Å². The third-order valence-electron chi connectivity index (χ3n) is 6.23. The molecule has 4 aromatic rings. The van der Waals surface area contributed by atoms with Gasteiger partial charge in [-0.15, -0.1) is 0 Å². The molecule has 4 aromatic carbocycles. The van der Waals surface area contributed by atoms with Gasteiger partial charge < -0.3 is 20.1 Å². The Morgan fingerprint density at radius 1 is 0.975 bits per heavy atom. The topological polar surface area (TPSA) is 97.0 Å². The molecule has 4 amide bonds. The third kappa shape index (κ3) is 6.07. The zero-order valence-corrected chi connectivity index (χ0v) is 25.6. The Hall–Kier alpha value is -3.65. The van der Waals surface area contributed by atoms with E-state index in [1.807, 2.05) is 30.3 Å². The van der Waals surface area contributed by atoms with Crippen molar-refractivity contribution in [1.82, 2.24) is 10.2 Å². The summed E-state index contributed by atoms with van der Waals surface area (Å²) >= 11 is 4.40. The van der Waals surface area contributed by atoms with Crippen LogP contribution in [0.1, 0.15) is 11.1 Å². The predicted molar refractivity (Wildman–Crippen MR) is 170 cm³/mol. The lowest BCUT2D eigenvalue weighted by Gasteiger charge is -2.14. The van der Waals surface area contributed by atoms with Crippen LogP contribution in [0.4, 0.5) is 10.5 Å². The molecule has 0 aliphatic carbocycles. The molecule has 0 radical (unpaired) electrons. The Labute approximate surface area is 258 Å². The number of urea groups is 1. The van der Waals surface area contributed by atoms with Crippen LogP contribution in [0.5, 0.6) is 11.5 Å². The van der Waals surface area contributed by atoms with Crippen LogP contribution in [0.2, 0.25) is 0 Å². The van der Waals surface area contributed by atoms with Gasteiger partial charge in [0.25, 0.3) is 5.91 Å². The fourth-order valence-electron chi connectivity index (χ4n) is 4.33. The van der Waals surface area contributed by atoms with Crippen molar-refractivity contribution in [2.45, 2.75) is 6.61 Å². The van der Waals surface area contributed by atoms with E-state index in [0.717, 1.165) is 39.7 Å². The summed E-state index contributed by atoms with van der Waals surface area (Å²) in [7, 11) is 1.49. The van der Waals surface area contributed by atoms with Gasteiger partial charge in [-0.2, -0.15) is 0 Å². The maximum Gasteiger partial charge on any atom is 0.329 e. The van der Waals surface area contributed by atoms with Gasteiger partial charge in [0.15, 0.2) is 0 Å². The fourth-order valence-corrected chi connectivity index (χ4v) is 6.46. The Morgan fingerprint density at radius 3 is 2.45 bits per heavy atom. The zero-order chi connectivity index (χ0) is 28.2. The number of rotatable bonds is 8. The maximum absolute atomic E-state index is 13.0. The smallest absolute Gasteiger partial charge is 0.329 e. The molecule has 0 saturated carbocycles. The number of carbonyl (C=O) groups is 3. The minimum Gasteiger partial charge on any atom is -0.495 e. The summed E-state index contributed by atoms with van der Waals surface area (Å²) < 4.78 is 13.2. The summed E-state index contributed by atoms with van der Waals surface area (Å²) in [5.41, 5.74) is 2.34. The van der Waals surface area contributed by atoms with Gasteiger partial charge in [-0.05, 0) is 97.4 Å². The average molecular weight is 759 g/mol. The number of nitrogens with zero attached hydrogens (tertiary/aromatic N) is 1. The molecule has 0 spiro atoms. The largest absolute Gasteiger partial charge is 0.495 e. The molecule has 10 heteroatoms. The minimum atomic E-state index is -0.661. The van der Waals surface area contributed by atoms with Crippen molar-refractivity contribution >= 4 is 85.6 Å². The number of halogens is 2. The van der Waals surface area contributed by atoms with Gasteiger partial charge in [-0.1, -0.05) is 54.6 Å². The summed E-state index contributed by atoms with van der Waals surface area (Å²) in [5.74, 6) is 0.114. The second-order valence-corrected chi connectivity index (χ2v) is 11.2. The predicted octanol–water partition coefficient (Wildman–Crippen LogP) is 6.17. The third-order valence-corrected chi connectivity index (χ3v) is 7.83. The molecular formula is C30H23I2N3O5. The molecule has 1 saturated heterocycles. The molecule has 1 heterocycles. The molecule has 0 aromatic heterocycles. The number of benzene rings is 4. The first-order valence-electron chi connectivity index (χ1n) is 12.2. The van der Waals surface area contributed by atoms with Crippen LogP contribution in [0.15, 0.2) is 84.6 Å². The molecular weight excluding hydrogens is 736 g/mol. The molecule has 1 aliphatic rings. The second kappa shape index (κ2) is 12.3. The highest BCUT2D eigenvalue weighted by Gasteiger charge is 2.35. The van der Waals surface area contributed by atoms with Crippen LogP contribution in [0.25, 0.3) is 16.8 Å². The summed E-state index contributed by atoms with van der Waals surface area (Å²) in [6.07, 6.45) is 1.59. The first-order chi connectivity index (χ1) is 19.3. The molecule has 2 N–H and O–H groups in total. The SMILES string of the molecule is COc1ccccc1NC(=O)CN1C(=O)N/C(=C/c2cc(I)c(OCc3cccc4ccccc34)c(I)c2)C1=O. The van der Waals surface area contributed by atoms with E-state index in [2.05, 4.69) is 80.1 Å². The van der Waals surface area contributed by atoms with Crippen LogP contribution in [0, 0.1) is 7.14 Å². The van der Waals surface area contributed by atoms with E-state index in [4.69, 9.17) is 9.47 Å². The van der Waals surface area contributed by atoms with Gasteiger partial charge in [0.1, 0.15) is 30.3 Å². The van der Waals surface area contributed by atoms with E-state index < -0.39 is 24.4 Å². The number of carbonyl (C=O) groups excluding carboxylic acids is 3. The van der Waals surface area contributed by atoms with Gasteiger partial charge >= 0.3 is 6.03 Å². The molecule has 0 unspecified atom stereocenters. The monoisotopic (exact) mass is 759 g/mol. The number of hydrogen-bond acceptors (Lipinski definition) is 5. The number of amides is 4. The highest BCUT2D eigenvalue weighted by Crippen LogP contribution is 2.32. The highest BCUT2D eigenvalue weighted by molar-refractivity contribution is 14.1. The lowest BCUT2D eigenvalue weighted by atomic mass is 10.1. The number of para-hydroxylation sites is 2. The Morgan fingerprint density at radius 2 is 1.68 bits per heavy atom. The molecule has 40 heavy (non-hydrogen) atoms. The molecule has 1 fully saturated rings. The molecule has 5 rings (SSSR count). The van der Waals surface area contributed by atoms with Crippen molar-refractivity contribution < 1.29 is 23.9 Å². The quantitative estimate of drug-likeness (QED) is 0.127. The van der Waals surface area contributed by atoms with E-state index in [1.54, 1.807) is 30.3 Å². The highest BCUT2D eigenvalue weighted by atomic mass is 127. The van der Waals surface area contributed by atoms with Crippen molar-refractivity contribution in [3.63, 3.8) is 0 Å². The first kappa shape index (κ1) is 27.9. The molecule has 1 aliphatic heterocycles. The van der Waals surface area contributed by atoms with Crippen LogP contribution < -0.4 is 20.1 Å². The summed E-state index contributed by atoms with van der Waals surface area (Å²) in [5, 5.41) is 7.55. The number of ether oxygens (including phenoxy) is 2. The fraction of sp³-hybridized carbons (Fsp3) is 0.100. The van der Waals surface area contributed by atoms with Gasteiger partial charge in [0, 0.05) is 0 Å². The van der Waals surface area contributed by atoms with Crippen LogP contribution >= 0.6 is 45.2 Å². The van der Waals surface area contributed by atoms with E-state index in [1.165, 1.54) is 7.11 Å². The van der Waals surface area contributed by atoms with Crippen LogP contribution in [0.3, 0.4) is 0 Å². The number of nitrogens with one attached hydrogen (secondary N) is 2. The molecule has 202 valence electrons. The van der Waals surface area contributed by atoms with Crippen LogP contribution in [-0.2, 0) is 16.2 Å². The number of anilines is 1. The van der Waals surface area contributed by atoms with Crippen molar-refractivity contribution in [2.75, 3.05) is 19.0 Å². The Bertz CT molecular complexity index is 1640. The van der Waals surface area contributed by atoms with Crippen molar-refractivity contribution in [3.8, 4) is 11.5 Å².